The Morgan fingerprint density at radius 3 is 2.71 bits per heavy atom. The Morgan fingerprint density at radius 1 is 1.21 bits per heavy atom. The van der Waals surface area contributed by atoms with Gasteiger partial charge < -0.3 is 10.1 Å². The number of halogens is 2. The van der Waals surface area contributed by atoms with E-state index >= 15 is 0 Å². The van der Waals surface area contributed by atoms with Crippen LogP contribution in [0.5, 0.6) is 0 Å². The molecule has 0 unspecified atom stereocenters. The number of ether oxygens (including phenoxy) is 1. The number of fused-ring (bicyclic) bond motifs is 1. The topological polar surface area (TPSA) is 84.1 Å². The molecule has 0 saturated heterocycles. The van der Waals surface area contributed by atoms with E-state index in [2.05, 4.69) is 15.5 Å². The van der Waals surface area contributed by atoms with Crippen LogP contribution in [0.15, 0.2) is 48.5 Å². The molecule has 0 saturated carbocycles. The number of nitrogens with one attached hydrogen (secondary N) is 2. The molecule has 0 spiro atoms. The first-order valence-electron chi connectivity index (χ1n) is 11.1. The summed E-state index contributed by atoms with van der Waals surface area (Å²) in [4.78, 5) is 25.5. The quantitative estimate of drug-likeness (QED) is 0.384. The van der Waals surface area contributed by atoms with Crippen LogP contribution in [0.4, 0.5) is 4.39 Å². The van der Waals surface area contributed by atoms with E-state index < -0.39 is 17.9 Å². The lowest BCUT2D eigenvalue weighted by atomic mass is 10.0. The molecule has 0 radical (unpaired) electrons. The van der Waals surface area contributed by atoms with Crippen molar-refractivity contribution < 1.29 is 18.7 Å². The predicted molar refractivity (Wildman–Crippen MR) is 129 cm³/mol. The highest BCUT2D eigenvalue weighted by Crippen LogP contribution is 2.32. The van der Waals surface area contributed by atoms with Gasteiger partial charge in [-0.1, -0.05) is 35.9 Å². The Bertz CT molecular complexity index is 1220. The fourth-order valence-electron chi connectivity index (χ4n) is 4.16. The van der Waals surface area contributed by atoms with Gasteiger partial charge in [0.15, 0.2) is 0 Å². The number of H-pyrrole nitrogens is 1. The van der Waals surface area contributed by atoms with Crippen LogP contribution < -0.4 is 5.32 Å². The smallest absolute Gasteiger partial charge is 0.328 e. The summed E-state index contributed by atoms with van der Waals surface area (Å²) in [7, 11) is 1.27. The van der Waals surface area contributed by atoms with Gasteiger partial charge in [0.2, 0.25) is 0 Å². The van der Waals surface area contributed by atoms with E-state index in [4.69, 9.17) is 16.3 Å². The Hall–Kier alpha value is -3.45. The standard InChI is InChI=1S/C26H25ClFN3O3/c1-34-26(33)22(15-16-9-11-20(28)12-10-16)29-25(32)24-21-8-3-2-6-18(23(21)30-31-24)13-17-5-4-7-19(27)14-17/h4-5,7,9-14,22H,2-3,6,8,15H2,1H3,(H,29,32)(H,30,31)/t22-/m1/s1. The number of carbonyl (C=O) groups excluding carboxylic acids is 2. The Kier molecular flexibility index (Phi) is 7.43. The van der Waals surface area contributed by atoms with Gasteiger partial charge in [0, 0.05) is 17.0 Å². The van der Waals surface area contributed by atoms with Gasteiger partial charge in [-0.2, -0.15) is 5.10 Å². The zero-order valence-electron chi connectivity index (χ0n) is 18.7. The number of amides is 1. The van der Waals surface area contributed by atoms with Crippen molar-refractivity contribution >= 4 is 35.1 Å². The number of aromatic amines is 1. The number of hydrogen-bond acceptors (Lipinski definition) is 4. The minimum absolute atomic E-state index is 0.176. The maximum absolute atomic E-state index is 13.2. The first-order valence-corrected chi connectivity index (χ1v) is 11.5. The number of hydrogen-bond donors (Lipinski definition) is 2. The van der Waals surface area contributed by atoms with Crippen LogP contribution in [0.1, 0.15) is 52.1 Å². The van der Waals surface area contributed by atoms with Crippen molar-refractivity contribution in [1.82, 2.24) is 15.5 Å². The monoisotopic (exact) mass is 481 g/mol. The minimum atomic E-state index is -0.922. The predicted octanol–water partition coefficient (Wildman–Crippen LogP) is 4.98. The van der Waals surface area contributed by atoms with Crippen LogP contribution in [-0.2, 0) is 22.4 Å². The molecule has 1 aliphatic carbocycles. The SMILES string of the molecule is COC(=O)[C@@H](Cc1ccc(F)cc1)NC(=O)c1[nH]nc2c1CCCCC2=Cc1cccc(Cl)c1. The Morgan fingerprint density at radius 2 is 1.97 bits per heavy atom. The Labute approximate surface area is 202 Å². The van der Waals surface area contributed by atoms with E-state index in [9.17, 15) is 14.0 Å². The maximum atomic E-state index is 13.2. The first-order chi connectivity index (χ1) is 16.4. The third kappa shape index (κ3) is 5.54. The van der Waals surface area contributed by atoms with Crippen molar-refractivity contribution in [3.05, 3.63) is 87.4 Å². The number of allylic oxidation sites excluding steroid dienone is 1. The average molecular weight is 482 g/mol. The average Bonchev–Trinajstić information content (AvgIpc) is 3.15. The highest BCUT2D eigenvalue weighted by molar-refractivity contribution is 6.30. The van der Waals surface area contributed by atoms with Crippen molar-refractivity contribution in [3.8, 4) is 0 Å². The molecule has 2 aromatic carbocycles. The molecule has 176 valence electrons. The summed E-state index contributed by atoms with van der Waals surface area (Å²) < 4.78 is 18.1. The van der Waals surface area contributed by atoms with Gasteiger partial charge in [-0.05, 0) is 72.7 Å². The van der Waals surface area contributed by atoms with Gasteiger partial charge in [0.1, 0.15) is 17.6 Å². The Balaban J connectivity index is 1.59. The number of carbonyl (C=O) groups is 2. The second kappa shape index (κ2) is 10.7. The van der Waals surface area contributed by atoms with E-state index in [0.29, 0.717) is 22.7 Å². The lowest BCUT2D eigenvalue weighted by molar-refractivity contribution is -0.142. The molecule has 1 amide bonds. The maximum Gasteiger partial charge on any atom is 0.328 e. The van der Waals surface area contributed by atoms with Crippen LogP contribution in [-0.4, -0.2) is 35.2 Å². The number of esters is 1. The molecule has 34 heavy (non-hydrogen) atoms. The van der Waals surface area contributed by atoms with Crippen LogP contribution in [0, 0.1) is 5.82 Å². The molecule has 8 heteroatoms. The third-order valence-electron chi connectivity index (χ3n) is 5.85. The van der Waals surface area contributed by atoms with Gasteiger partial charge in [0.05, 0.1) is 12.8 Å². The number of nitrogens with zero attached hydrogens (tertiary/aromatic N) is 1. The zero-order chi connectivity index (χ0) is 24.1. The van der Waals surface area contributed by atoms with Crippen molar-refractivity contribution in [2.24, 2.45) is 0 Å². The van der Waals surface area contributed by atoms with Gasteiger partial charge in [0.25, 0.3) is 5.91 Å². The van der Waals surface area contributed by atoms with E-state index in [1.807, 2.05) is 30.3 Å². The largest absolute Gasteiger partial charge is 0.467 e. The number of methoxy groups -OCH3 is 1. The van der Waals surface area contributed by atoms with E-state index in [1.54, 1.807) is 12.1 Å². The first kappa shape index (κ1) is 23.7. The normalized spacial score (nSPS) is 15.3. The minimum Gasteiger partial charge on any atom is -0.467 e. The fraction of sp³-hybridized carbons (Fsp3) is 0.269. The molecule has 1 heterocycles. The van der Waals surface area contributed by atoms with Gasteiger partial charge >= 0.3 is 5.97 Å². The summed E-state index contributed by atoms with van der Waals surface area (Å²) in [6.45, 7) is 0. The zero-order valence-corrected chi connectivity index (χ0v) is 19.5. The van der Waals surface area contributed by atoms with E-state index in [-0.39, 0.29) is 12.2 Å². The molecule has 2 N–H and O–H groups in total. The van der Waals surface area contributed by atoms with Crippen LogP contribution in [0.25, 0.3) is 11.6 Å². The van der Waals surface area contributed by atoms with Crippen molar-refractivity contribution in [1.29, 1.82) is 0 Å². The summed E-state index contributed by atoms with van der Waals surface area (Å²) in [5.41, 5.74) is 4.62. The number of rotatable bonds is 6. The highest BCUT2D eigenvalue weighted by Gasteiger charge is 2.27. The third-order valence-corrected chi connectivity index (χ3v) is 6.09. The van der Waals surface area contributed by atoms with Crippen molar-refractivity contribution in [2.45, 2.75) is 38.1 Å². The summed E-state index contributed by atoms with van der Waals surface area (Å²) >= 11 is 6.13. The summed E-state index contributed by atoms with van der Waals surface area (Å²) in [5, 5.41) is 10.7. The summed E-state index contributed by atoms with van der Waals surface area (Å²) in [6.07, 6.45) is 5.64. The molecular formula is C26H25ClFN3O3. The molecule has 6 nitrogen and oxygen atoms in total. The molecule has 0 bridgehead atoms. The molecule has 1 atom stereocenters. The van der Waals surface area contributed by atoms with Gasteiger partial charge in [-0.3, -0.25) is 9.89 Å². The molecule has 4 rings (SSSR count). The molecule has 0 fully saturated rings. The second-order valence-electron chi connectivity index (χ2n) is 8.24. The van der Waals surface area contributed by atoms with E-state index in [0.717, 1.165) is 41.7 Å². The number of benzene rings is 2. The van der Waals surface area contributed by atoms with Crippen LogP contribution >= 0.6 is 11.6 Å². The van der Waals surface area contributed by atoms with Crippen molar-refractivity contribution in [3.63, 3.8) is 0 Å². The highest BCUT2D eigenvalue weighted by atomic mass is 35.5. The fourth-order valence-corrected chi connectivity index (χ4v) is 4.36. The van der Waals surface area contributed by atoms with E-state index in [1.165, 1.54) is 19.2 Å². The van der Waals surface area contributed by atoms with Crippen LogP contribution in [0.2, 0.25) is 5.02 Å². The van der Waals surface area contributed by atoms with Gasteiger partial charge in [-0.25, -0.2) is 9.18 Å². The lowest BCUT2D eigenvalue weighted by Gasteiger charge is -2.16. The summed E-state index contributed by atoms with van der Waals surface area (Å²) in [5.74, 6) is -1.38. The molecular weight excluding hydrogens is 457 g/mol. The number of aromatic nitrogens is 2. The van der Waals surface area contributed by atoms with Gasteiger partial charge in [-0.15, -0.1) is 0 Å². The molecule has 1 aliphatic rings. The molecule has 1 aromatic heterocycles. The second-order valence-corrected chi connectivity index (χ2v) is 8.67. The summed E-state index contributed by atoms with van der Waals surface area (Å²) in [6, 6.07) is 12.4. The van der Waals surface area contributed by atoms with Crippen molar-refractivity contribution in [2.75, 3.05) is 7.11 Å². The lowest BCUT2D eigenvalue weighted by Crippen LogP contribution is -2.43. The van der Waals surface area contributed by atoms with Crippen LogP contribution in [0.3, 0.4) is 0 Å². The molecule has 0 aliphatic heterocycles. The molecule has 3 aromatic rings.